The number of amides is 4. The summed E-state index contributed by atoms with van der Waals surface area (Å²) in [5, 5.41) is 39.6. The van der Waals surface area contributed by atoms with E-state index in [1.54, 1.807) is 24.3 Å². The van der Waals surface area contributed by atoms with Gasteiger partial charge >= 0.3 is 23.9 Å². The molecule has 0 radical (unpaired) electrons. The average molecular weight is 1740 g/mol. The topological polar surface area (TPSA) is 580 Å². The van der Waals surface area contributed by atoms with Gasteiger partial charge in [0, 0.05) is 118 Å². The highest BCUT2D eigenvalue weighted by atomic mass is 32.2. The molecule has 3 aromatic carbocycles. The zero-order valence-corrected chi connectivity index (χ0v) is 72.2. The third-order valence-electron chi connectivity index (χ3n) is 21.9. The van der Waals surface area contributed by atoms with Gasteiger partial charge in [0.05, 0.1) is 34.9 Å². The van der Waals surface area contributed by atoms with Crippen molar-refractivity contribution in [3.05, 3.63) is 136 Å². The van der Waals surface area contributed by atoms with Crippen LogP contribution in [0.1, 0.15) is 218 Å². The molecule has 3 aromatic rings. The van der Waals surface area contributed by atoms with Crippen molar-refractivity contribution in [3.63, 3.8) is 0 Å². The number of rotatable bonds is 57. The fraction of sp³-hybridized carbons (Fsp3) is 0.547. The SMILES string of the molecule is CC1(C)C(=CC=C2CCCC(C=CC3=[N+](CCCCS(=O)(=O)O)c4ccccc4C3(C)C)=C2Oc2ccc(C[C@H](CC(=O)[C@H](CCCN=C(N)N)NC(=O)[C@H](CCCN=C(N)N)CC(=O)[C@H](CCCN=C(N)N)NC(=O)CCCCCCCCC(=O)CC[C@H](NC(=O)NCCCC(=O)O)C(=O)O)C(=O)O)cc2)N(CCCCS(=O)(=O)O)c2ccccc21. The number of carbonyl (C=O) groups is 9. The summed E-state index contributed by atoms with van der Waals surface area (Å²) in [7, 11) is -8.35. The molecule has 0 unspecified atom stereocenters. The largest absolute Gasteiger partial charge is 0.481 e. The Hall–Kier alpha value is -10.9. The van der Waals surface area contributed by atoms with Crippen molar-refractivity contribution in [2.75, 3.05) is 55.7 Å². The number of aliphatic imine (C=N–C) groups is 3. The molecule has 5 atom stereocenters. The number of nitrogens with one attached hydrogen (secondary N) is 4. The third-order valence-corrected chi connectivity index (χ3v) is 23.5. The number of para-hydroxylation sites is 2. The smallest absolute Gasteiger partial charge is 0.326 e. The van der Waals surface area contributed by atoms with Gasteiger partial charge in [0.15, 0.2) is 35.2 Å². The zero-order valence-electron chi connectivity index (χ0n) is 70.5. The molecule has 0 saturated carbocycles. The van der Waals surface area contributed by atoms with Crippen molar-refractivity contribution >= 4 is 108 Å². The number of fused-ring (bicyclic) bond motifs is 2. The Kier molecular flexibility index (Phi) is 40.4. The highest BCUT2D eigenvalue weighted by Gasteiger charge is 2.45. The molecule has 670 valence electrons. The molecular weight excluding hydrogens is 1610 g/mol. The molecule has 0 saturated heterocycles. The number of aliphatic carboxylic acids is 3. The lowest BCUT2D eigenvalue weighted by molar-refractivity contribution is -0.438. The quantitative estimate of drug-likeness (QED) is 0.00834. The van der Waals surface area contributed by atoms with Crippen LogP contribution in [0.2, 0.25) is 0 Å². The van der Waals surface area contributed by atoms with Crippen LogP contribution in [0.15, 0.2) is 135 Å². The molecule has 21 N–H and O–H groups in total. The summed E-state index contributed by atoms with van der Waals surface area (Å²) in [6.07, 6.45) is 15.0. The monoisotopic (exact) mass is 1740 g/mol. The number of ketones is 3. The molecule has 0 aromatic heterocycles. The van der Waals surface area contributed by atoms with E-state index >= 15 is 0 Å². The lowest BCUT2D eigenvalue weighted by Crippen LogP contribution is -2.47. The van der Waals surface area contributed by atoms with E-state index in [4.69, 9.17) is 44.2 Å². The molecule has 3 aliphatic rings. The van der Waals surface area contributed by atoms with Crippen molar-refractivity contribution in [3.8, 4) is 5.75 Å². The van der Waals surface area contributed by atoms with Gasteiger partial charge < -0.3 is 80.6 Å². The summed E-state index contributed by atoms with van der Waals surface area (Å²) in [4.78, 5) is 133. The van der Waals surface area contributed by atoms with E-state index in [0.29, 0.717) is 87.9 Å². The predicted molar refractivity (Wildman–Crippen MR) is 468 cm³/mol. The number of urea groups is 1. The van der Waals surface area contributed by atoms with E-state index in [0.717, 1.165) is 57.9 Å². The van der Waals surface area contributed by atoms with Gasteiger partial charge in [-0.1, -0.05) is 94.1 Å². The van der Waals surface area contributed by atoms with Gasteiger partial charge in [-0.2, -0.15) is 21.4 Å². The molecule has 1 aliphatic carbocycles. The van der Waals surface area contributed by atoms with Crippen molar-refractivity contribution in [1.29, 1.82) is 0 Å². The number of anilines is 1. The summed E-state index contributed by atoms with van der Waals surface area (Å²) < 4.78 is 75.5. The Labute approximate surface area is 715 Å². The van der Waals surface area contributed by atoms with Gasteiger partial charge in [-0.3, -0.25) is 57.6 Å². The Morgan fingerprint density at radius 3 is 1.72 bits per heavy atom. The first kappa shape index (κ1) is 100.0. The van der Waals surface area contributed by atoms with Crippen LogP contribution in [-0.2, 0) is 75.8 Å². The number of hydrogen-bond acceptors (Lipinski definition) is 18. The van der Waals surface area contributed by atoms with E-state index in [2.05, 4.69) is 110 Å². The second-order valence-electron chi connectivity index (χ2n) is 32.3. The van der Waals surface area contributed by atoms with Gasteiger partial charge in [-0.25, -0.2) is 9.59 Å². The lowest BCUT2D eigenvalue weighted by atomic mass is 9.81. The molecule has 2 aliphatic heterocycles. The minimum Gasteiger partial charge on any atom is -0.481 e. The minimum atomic E-state index is -4.18. The second-order valence-corrected chi connectivity index (χ2v) is 35.4. The number of allylic oxidation sites excluding steroid dienone is 7. The van der Waals surface area contributed by atoms with Crippen LogP contribution in [-0.4, -0.2) is 191 Å². The summed E-state index contributed by atoms with van der Waals surface area (Å²) in [6, 6.07) is 18.5. The number of carbonyl (C=O) groups excluding carboxylic acids is 6. The lowest BCUT2D eigenvalue weighted by Gasteiger charge is -2.27. The van der Waals surface area contributed by atoms with Crippen molar-refractivity contribution in [2.24, 2.45) is 61.2 Å². The first-order valence-corrected chi connectivity index (χ1v) is 45.1. The molecule has 0 fully saturated rings. The minimum absolute atomic E-state index is 0.0279. The first-order valence-electron chi connectivity index (χ1n) is 41.9. The average Bonchev–Trinajstić information content (AvgIpc) is 1.60. The normalized spacial score (nSPS) is 16.1. The molecule has 0 spiro atoms. The van der Waals surface area contributed by atoms with E-state index in [9.17, 15) is 79.3 Å². The fourth-order valence-corrected chi connectivity index (χ4v) is 16.5. The third kappa shape index (κ3) is 34.2. The molecule has 2 heterocycles. The number of unbranched alkanes of at least 4 members (excludes halogenated alkanes) is 7. The van der Waals surface area contributed by atoms with E-state index < -0.39 is 121 Å². The molecule has 0 bridgehead atoms. The molecular formula is C86H126N15O19S2+. The number of nitrogens with two attached hydrogens (primary N) is 6. The van der Waals surface area contributed by atoms with E-state index in [1.165, 1.54) is 0 Å². The Balaban J connectivity index is 1.20. The molecule has 34 nitrogen and oxygen atoms in total. The zero-order chi connectivity index (χ0) is 89.7. The summed E-state index contributed by atoms with van der Waals surface area (Å²) in [6.45, 7) is 9.72. The van der Waals surface area contributed by atoms with Gasteiger partial charge in [0.1, 0.15) is 29.9 Å². The molecule has 36 heteroatoms. The predicted octanol–water partition coefficient (Wildman–Crippen LogP) is 8.08. The number of nitrogens with zero attached hydrogens (tertiary/aromatic N) is 5. The van der Waals surface area contributed by atoms with Crippen molar-refractivity contribution in [2.45, 2.75) is 236 Å². The first-order chi connectivity index (χ1) is 57.7. The maximum Gasteiger partial charge on any atom is 0.326 e. The van der Waals surface area contributed by atoms with Crippen molar-refractivity contribution < 1.29 is 93.7 Å². The number of ether oxygens (including phenoxy) is 1. The van der Waals surface area contributed by atoms with Gasteiger partial charge in [0.2, 0.25) is 17.5 Å². The highest BCUT2D eigenvalue weighted by Crippen LogP contribution is 2.48. The van der Waals surface area contributed by atoms with E-state index in [1.807, 2.05) is 36.4 Å². The second kappa shape index (κ2) is 49.3. The number of guanidine groups is 3. The van der Waals surface area contributed by atoms with Crippen LogP contribution < -0.4 is 65.3 Å². The fourth-order valence-electron chi connectivity index (χ4n) is 15.4. The van der Waals surface area contributed by atoms with Crippen LogP contribution in [0, 0.1) is 11.8 Å². The Bertz CT molecular complexity index is 4620. The molecule has 122 heavy (non-hydrogen) atoms. The number of benzene rings is 3. The summed E-state index contributed by atoms with van der Waals surface area (Å²) in [5.41, 5.74) is 41.1. The number of carboxylic acid groups (broad SMARTS) is 3. The number of hydrogen-bond donors (Lipinski definition) is 15. The maximum absolute atomic E-state index is 14.8. The molecule has 6 rings (SSSR count). The Morgan fingerprint density at radius 2 is 1.12 bits per heavy atom. The molecule has 4 amide bonds. The standard InChI is InChI=1S/C86H125N15O19S2/c1-85(2)64-28-11-13-32-69(64)100(50-15-17-52-121(114,115)116)73(85)44-38-58-24-19-25-59(39-45-74-86(3,4)65-29-12-14-33-70(65)101(74)51-16-18-53-122(117,118)119)77(58)120-63-41-36-57(37-42-63)54-61(79(109)110)56-72(104)67(31-22-48-95-83(91)92)98-78(108)60(26-20-46-93-81(87)88)55-71(103)66(30-21-47-94-82(89)90)97-75(105)34-10-8-6-5-7-9-27-62(102)40-43-68(80(111)112)99-84(113)96-49-23-35-76(106)107/h11-14,28-29,32-33,36-39,41-42,44-45,60-61,66-68H,5-10,15-27,30-31,34-35,40,43,46-56H2,1-4H3,(H20-,87,88,89,90,91,92,93,94,95,96,97,98,99,105,106,107,108,109,110,111,112,113,114,115,116,117,118,119)/p+1/t60-,61-,66+,67+,68+/m1/s1. The van der Waals surface area contributed by atoms with Crippen LogP contribution in [0.3, 0.4) is 0 Å². The maximum atomic E-state index is 14.8. The van der Waals surface area contributed by atoms with Crippen LogP contribution in [0.5, 0.6) is 5.75 Å². The van der Waals surface area contributed by atoms with Crippen LogP contribution >= 0.6 is 0 Å². The number of Topliss-reactive ketones (excluding diaryl/α,β-unsaturated/α-hetero) is 3. The van der Waals surface area contributed by atoms with E-state index in [-0.39, 0.29) is 158 Å². The highest BCUT2D eigenvalue weighted by molar-refractivity contribution is 7.86. The van der Waals surface area contributed by atoms with Crippen LogP contribution in [0.25, 0.3) is 0 Å². The Morgan fingerprint density at radius 1 is 0.557 bits per heavy atom. The van der Waals surface area contributed by atoms with Gasteiger partial charge in [0.25, 0.3) is 20.2 Å². The van der Waals surface area contributed by atoms with Crippen molar-refractivity contribution in [1.82, 2.24) is 21.3 Å². The summed E-state index contributed by atoms with van der Waals surface area (Å²) in [5.74, 6) is -8.89. The van der Waals surface area contributed by atoms with Crippen LogP contribution in [0.4, 0.5) is 16.2 Å². The van der Waals surface area contributed by atoms with Gasteiger partial charge in [-0.05, 0) is 176 Å². The summed E-state index contributed by atoms with van der Waals surface area (Å²) >= 11 is 0. The van der Waals surface area contributed by atoms with Gasteiger partial charge in [-0.15, -0.1) is 0 Å². The number of carboxylic acids is 3.